The first-order valence-corrected chi connectivity index (χ1v) is 8.84. The van der Waals surface area contributed by atoms with Crippen LogP contribution in [0.1, 0.15) is 5.76 Å². The zero-order valence-electron chi connectivity index (χ0n) is 15.2. The number of likely N-dealkylation sites (N-methyl/N-ethyl adjacent to an activating group) is 1. The Balaban J connectivity index is 1.52. The second-order valence-corrected chi connectivity index (χ2v) is 6.43. The van der Waals surface area contributed by atoms with Crippen LogP contribution in [0, 0.1) is 5.82 Å². The second kappa shape index (κ2) is 8.68. The normalized spacial score (nSPS) is 14.8. The number of nitrogens with one attached hydrogen (secondary N) is 2. The fourth-order valence-corrected chi connectivity index (χ4v) is 3.01. The minimum atomic E-state index is -0.318. The molecule has 0 bridgehead atoms. The average Bonchev–Trinajstić information content (AvgIpc) is 2.68. The van der Waals surface area contributed by atoms with Gasteiger partial charge in [-0.3, -0.25) is 9.59 Å². The maximum Gasteiger partial charge on any atom is 0.257 e. The third-order valence-corrected chi connectivity index (χ3v) is 4.58. The molecule has 1 aromatic heterocycles. The molecule has 1 aliphatic heterocycles. The minimum Gasteiger partial charge on any atom is -0.477 e. The van der Waals surface area contributed by atoms with Crippen LogP contribution in [0.15, 0.2) is 45.8 Å². The van der Waals surface area contributed by atoms with Crippen molar-refractivity contribution in [2.45, 2.75) is 6.54 Å². The monoisotopic (exact) mass is 376 g/mol. The number of amides is 1. The summed E-state index contributed by atoms with van der Waals surface area (Å²) in [6, 6.07) is 7.93. The lowest BCUT2D eigenvalue weighted by Crippen LogP contribution is -3.13. The number of halogens is 1. The van der Waals surface area contributed by atoms with Crippen LogP contribution in [0.5, 0.6) is 5.75 Å². The van der Waals surface area contributed by atoms with E-state index in [1.54, 1.807) is 12.1 Å². The lowest BCUT2D eigenvalue weighted by molar-refractivity contribution is -0.915. The van der Waals surface area contributed by atoms with Crippen molar-refractivity contribution < 1.29 is 23.2 Å². The third-order valence-electron chi connectivity index (χ3n) is 4.58. The number of rotatable bonds is 6. The van der Waals surface area contributed by atoms with E-state index in [2.05, 4.69) is 10.2 Å². The van der Waals surface area contributed by atoms with E-state index in [9.17, 15) is 14.0 Å². The SMILES string of the molecule is CNC(=O)COc1coc(C[NH+]2CCN(c3ccc(F)cc3)CC2)cc1=O. The summed E-state index contributed by atoms with van der Waals surface area (Å²) in [4.78, 5) is 26.8. The molecule has 0 radical (unpaired) electrons. The highest BCUT2D eigenvalue weighted by Gasteiger charge is 2.21. The highest BCUT2D eigenvalue weighted by Crippen LogP contribution is 2.14. The van der Waals surface area contributed by atoms with E-state index in [1.807, 2.05) is 0 Å². The molecule has 0 saturated carbocycles. The Hall–Kier alpha value is -2.87. The Kier molecular flexibility index (Phi) is 6.08. The predicted octanol–water partition coefficient (Wildman–Crippen LogP) is -0.191. The summed E-state index contributed by atoms with van der Waals surface area (Å²) < 4.78 is 23.7. The minimum absolute atomic E-state index is 0.0264. The van der Waals surface area contributed by atoms with Gasteiger partial charge in [0.05, 0.1) is 26.2 Å². The molecule has 0 spiro atoms. The number of hydrogen-bond donors (Lipinski definition) is 2. The summed E-state index contributed by atoms with van der Waals surface area (Å²) in [5.41, 5.74) is 0.712. The first-order valence-electron chi connectivity index (χ1n) is 8.84. The van der Waals surface area contributed by atoms with E-state index >= 15 is 0 Å². The van der Waals surface area contributed by atoms with Gasteiger partial charge in [0.15, 0.2) is 12.4 Å². The van der Waals surface area contributed by atoms with Gasteiger partial charge < -0.3 is 24.3 Å². The maximum absolute atomic E-state index is 13.0. The number of hydrogen-bond acceptors (Lipinski definition) is 5. The quantitative estimate of drug-likeness (QED) is 0.731. The number of benzene rings is 1. The zero-order valence-corrected chi connectivity index (χ0v) is 15.2. The molecule has 2 heterocycles. The molecule has 144 valence electrons. The van der Waals surface area contributed by atoms with Crippen molar-refractivity contribution in [2.75, 3.05) is 44.7 Å². The third kappa shape index (κ3) is 5.07. The van der Waals surface area contributed by atoms with Crippen LogP contribution in [-0.4, -0.2) is 45.7 Å². The first kappa shape index (κ1) is 18.9. The van der Waals surface area contributed by atoms with E-state index in [0.717, 1.165) is 31.9 Å². The smallest absolute Gasteiger partial charge is 0.257 e. The molecule has 0 aliphatic carbocycles. The lowest BCUT2D eigenvalue weighted by Gasteiger charge is -2.33. The van der Waals surface area contributed by atoms with Gasteiger partial charge in [0, 0.05) is 18.8 Å². The van der Waals surface area contributed by atoms with Gasteiger partial charge in [-0.05, 0) is 24.3 Å². The van der Waals surface area contributed by atoms with E-state index in [4.69, 9.17) is 9.15 Å². The van der Waals surface area contributed by atoms with Crippen LogP contribution in [0.3, 0.4) is 0 Å². The number of carbonyl (C=O) groups is 1. The number of quaternary nitrogens is 1. The Morgan fingerprint density at radius 3 is 2.63 bits per heavy atom. The number of carbonyl (C=O) groups excluding carboxylic acids is 1. The van der Waals surface area contributed by atoms with Gasteiger partial charge in [-0.2, -0.15) is 0 Å². The highest BCUT2D eigenvalue weighted by molar-refractivity contribution is 5.77. The summed E-state index contributed by atoms with van der Waals surface area (Å²) in [6.45, 7) is 3.84. The Labute approximate surface area is 156 Å². The molecule has 2 aromatic rings. The Bertz CT molecular complexity index is 830. The van der Waals surface area contributed by atoms with Crippen molar-refractivity contribution in [1.29, 1.82) is 0 Å². The molecule has 27 heavy (non-hydrogen) atoms. The van der Waals surface area contributed by atoms with Crippen molar-refractivity contribution in [3.8, 4) is 5.75 Å². The first-order chi connectivity index (χ1) is 13.0. The van der Waals surface area contributed by atoms with E-state index in [0.29, 0.717) is 12.3 Å². The average molecular weight is 376 g/mol. The lowest BCUT2D eigenvalue weighted by atomic mass is 10.2. The molecule has 1 amide bonds. The Morgan fingerprint density at radius 2 is 2.00 bits per heavy atom. The molecule has 3 rings (SSSR count). The summed E-state index contributed by atoms with van der Waals surface area (Å²) >= 11 is 0. The number of nitrogens with zero attached hydrogens (tertiary/aromatic N) is 1. The molecule has 2 N–H and O–H groups in total. The maximum atomic E-state index is 13.0. The molecular formula is C19H23FN3O4+. The highest BCUT2D eigenvalue weighted by atomic mass is 19.1. The van der Waals surface area contributed by atoms with E-state index in [-0.39, 0.29) is 29.5 Å². The molecular weight excluding hydrogens is 353 g/mol. The standard InChI is InChI=1S/C19H22FN3O4/c1-21-19(25)13-27-18-12-26-16(10-17(18)24)11-22-6-8-23(9-7-22)15-4-2-14(20)3-5-15/h2-5,10,12H,6-9,11,13H2,1H3,(H,21,25)/p+1. The molecule has 1 aromatic carbocycles. The largest absolute Gasteiger partial charge is 0.477 e. The number of anilines is 1. The van der Waals surface area contributed by atoms with Crippen LogP contribution in [-0.2, 0) is 11.3 Å². The summed E-state index contributed by atoms with van der Waals surface area (Å²) in [5.74, 6) is 0.0544. The van der Waals surface area contributed by atoms with Crippen molar-refractivity contribution >= 4 is 11.6 Å². The number of ether oxygens (including phenoxy) is 1. The van der Waals surface area contributed by atoms with Crippen LogP contribution in [0.25, 0.3) is 0 Å². The number of piperazine rings is 1. The Morgan fingerprint density at radius 1 is 1.30 bits per heavy atom. The van der Waals surface area contributed by atoms with E-state index in [1.165, 1.54) is 36.4 Å². The summed E-state index contributed by atoms with van der Waals surface area (Å²) in [7, 11) is 1.50. The van der Waals surface area contributed by atoms with Gasteiger partial charge in [0.25, 0.3) is 5.91 Å². The topological polar surface area (TPSA) is 76.2 Å². The molecule has 0 atom stereocenters. The van der Waals surface area contributed by atoms with Gasteiger partial charge in [0.2, 0.25) is 11.2 Å². The van der Waals surface area contributed by atoms with Crippen molar-refractivity contribution in [3.63, 3.8) is 0 Å². The van der Waals surface area contributed by atoms with Gasteiger partial charge in [-0.15, -0.1) is 0 Å². The van der Waals surface area contributed by atoms with Crippen LogP contribution in [0.4, 0.5) is 10.1 Å². The molecule has 1 saturated heterocycles. The van der Waals surface area contributed by atoms with Crippen LogP contribution < -0.4 is 25.3 Å². The summed E-state index contributed by atoms with van der Waals surface area (Å²) in [6.07, 6.45) is 1.26. The fraction of sp³-hybridized carbons (Fsp3) is 0.368. The van der Waals surface area contributed by atoms with E-state index < -0.39 is 0 Å². The van der Waals surface area contributed by atoms with Gasteiger partial charge >= 0.3 is 0 Å². The van der Waals surface area contributed by atoms with Gasteiger partial charge in [-0.25, -0.2) is 4.39 Å². The molecule has 0 unspecified atom stereocenters. The molecule has 8 heteroatoms. The second-order valence-electron chi connectivity index (χ2n) is 6.43. The van der Waals surface area contributed by atoms with Crippen molar-refractivity contribution in [3.05, 3.63) is 58.4 Å². The molecule has 7 nitrogen and oxygen atoms in total. The fourth-order valence-electron chi connectivity index (χ4n) is 3.01. The predicted molar refractivity (Wildman–Crippen MR) is 97.6 cm³/mol. The van der Waals surface area contributed by atoms with Gasteiger partial charge in [0.1, 0.15) is 18.6 Å². The van der Waals surface area contributed by atoms with Crippen LogP contribution >= 0.6 is 0 Å². The zero-order chi connectivity index (χ0) is 19.2. The van der Waals surface area contributed by atoms with Gasteiger partial charge in [-0.1, -0.05) is 0 Å². The van der Waals surface area contributed by atoms with Crippen molar-refractivity contribution in [1.82, 2.24) is 5.32 Å². The van der Waals surface area contributed by atoms with Crippen LogP contribution in [0.2, 0.25) is 0 Å². The molecule has 1 aliphatic rings. The molecule has 1 fully saturated rings. The summed E-state index contributed by atoms with van der Waals surface area (Å²) in [5, 5.41) is 2.42. The van der Waals surface area contributed by atoms with Crippen molar-refractivity contribution in [2.24, 2.45) is 0 Å².